The Balaban J connectivity index is 1.49. The molecule has 0 unspecified atom stereocenters. The summed E-state index contributed by atoms with van der Waals surface area (Å²) in [5, 5.41) is 3.51. The lowest BCUT2D eigenvalue weighted by Gasteiger charge is -2.31. The summed E-state index contributed by atoms with van der Waals surface area (Å²) in [5.74, 6) is -0.251. The van der Waals surface area contributed by atoms with Gasteiger partial charge < -0.3 is 20.0 Å². The second kappa shape index (κ2) is 11.5. The molecule has 0 saturated carbocycles. The van der Waals surface area contributed by atoms with Gasteiger partial charge in [-0.1, -0.05) is 65.7 Å². The predicted molar refractivity (Wildman–Crippen MR) is 144 cm³/mol. The summed E-state index contributed by atoms with van der Waals surface area (Å²) >= 11 is 12.7. The van der Waals surface area contributed by atoms with Gasteiger partial charge >= 0.3 is 6.03 Å². The molecule has 0 aliphatic carbocycles. The minimum atomic E-state index is -0.715. The number of urea groups is 1. The van der Waals surface area contributed by atoms with E-state index in [1.54, 1.807) is 30.1 Å². The van der Waals surface area contributed by atoms with Crippen molar-refractivity contribution in [2.75, 3.05) is 47.3 Å². The van der Waals surface area contributed by atoms with Gasteiger partial charge in [0.15, 0.2) is 0 Å². The average Bonchev–Trinajstić information content (AvgIpc) is 3.21. The van der Waals surface area contributed by atoms with Crippen LogP contribution in [0.5, 0.6) is 0 Å². The molecule has 196 valence electrons. The molecule has 0 spiro atoms. The van der Waals surface area contributed by atoms with Gasteiger partial charge in [-0.2, -0.15) is 0 Å². The van der Waals surface area contributed by atoms with E-state index in [-0.39, 0.29) is 37.4 Å². The molecule has 2 aromatic rings. The maximum absolute atomic E-state index is 13.5. The van der Waals surface area contributed by atoms with Crippen molar-refractivity contribution in [1.29, 1.82) is 0 Å². The molecule has 0 aromatic heterocycles. The van der Waals surface area contributed by atoms with Crippen LogP contribution in [0, 0.1) is 0 Å². The van der Waals surface area contributed by atoms with Crippen LogP contribution in [0.2, 0.25) is 10.0 Å². The molecular weight excluding hydrogens is 513 g/mol. The van der Waals surface area contributed by atoms with E-state index in [4.69, 9.17) is 23.2 Å². The Labute approximate surface area is 227 Å². The number of likely N-dealkylation sites (N-methyl/N-ethyl adjacent to an activating group) is 2. The van der Waals surface area contributed by atoms with E-state index in [2.05, 4.69) is 5.32 Å². The number of rotatable bonds is 9. The molecule has 37 heavy (non-hydrogen) atoms. The van der Waals surface area contributed by atoms with E-state index < -0.39 is 6.04 Å². The second-order valence-electron chi connectivity index (χ2n) is 9.53. The minimum Gasteiger partial charge on any atom is -0.337 e. The van der Waals surface area contributed by atoms with Gasteiger partial charge in [0.05, 0.1) is 33.9 Å². The van der Waals surface area contributed by atoms with Gasteiger partial charge in [0.1, 0.15) is 0 Å². The average molecular weight is 544 g/mol. The SMILES string of the molecule is CN(C)CCN(Cc1ccccc1)C(=O)CCN1CC2=C(C1=O)[C@H](c1cccc(Cl)c1Cl)NC(=O)N2C. The predicted octanol–water partition coefficient (Wildman–Crippen LogP) is 3.77. The number of benzene rings is 2. The van der Waals surface area contributed by atoms with Crippen LogP contribution in [0.4, 0.5) is 4.79 Å². The number of nitrogens with zero attached hydrogens (tertiary/aromatic N) is 4. The molecule has 4 amide bonds. The van der Waals surface area contributed by atoms with Crippen molar-refractivity contribution in [1.82, 2.24) is 24.9 Å². The first-order chi connectivity index (χ1) is 17.7. The number of carbonyl (C=O) groups is 3. The van der Waals surface area contributed by atoms with Crippen LogP contribution >= 0.6 is 23.2 Å². The van der Waals surface area contributed by atoms with Gasteiger partial charge in [0.25, 0.3) is 5.91 Å². The highest BCUT2D eigenvalue weighted by Crippen LogP contribution is 2.39. The Morgan fingerprint density at radius 2 is 1.78 bits per heavy atom. The molecule has 1 N–H and O–H groups in total. The summed E-state index contributed by atoms with van der Waals surface area (Å²) in [6, 6.07) is 14.0. The smallest absolute Gasteiger partial charge is 0.322 e. The Kier molecular flexibility index (Phi) is 8.42. The van der Waals surface area contributed by atoms with Crippen molar-refractivity contribution in [3.8, 4) is 0 Å². The van der Waals surface area contributed by atoms with E-state index in [0.29, 0.717) is 40.0 Å². The monoisotopic (exact) mass is 543 g/mol. The van der Waals surface area contributed by atoms with Crippen LogP contribution < -0.4 is 5.32 Å². The summed E-state index contributed by atoms with van der Waals surface area (Å²) in [6.07, 6.45) is 0.181. The molecule has 2 aliphatic rings. The normalized spacial score (nSPS) is 17.4. The molecule has 0 saturated heterocycles. The van der Waals surface area contributed by atoms with Crippen molar-refractivity contribution >= 4 is 41.0 Å². The number of hydrogen-bond donors (Lipinski definition) is 1. The highest BCUT2D eigenvalue weighted by Gasteiger charge is 2.43. The maximum atomic E-state index is 13.5. The fraction of sp³-hybridized carbons (Fsp3) is 0.370. The lowest BCUT2D eigenvalue weighted by molar-refractivity contribution is -0.133. The molecule has 1 atom stereocenters. The van der Waals surface area contributed by atoms with Crippen LogP contribution in [0.25, 0.3) is 0 Å². The molecule has 2 aromatic carbocycles. The second-order valence-corrected chi connectivity index (χ2v) is 10.3. The van der Waals surface area contributed by atoms with Crippen LogP contribution in [0.15, 0.2) is 59.8 Å². The van der Waals surface area contributed by atoms with Gasteiger partial charge in [-0.05, 0) is 31.3 Å². The summed E-state index contributed by atoms with van der Waals surface area (Å²) in [4.78, 5) is 46.4. The first-order valence-electron chi connectivity index (χ1n) is 12.1. The minimum absolute atomic E-state index is 0.0274. The van der Waals surface area contributed by atoms with E-state index in [0.717, 1.165) is 12.1 Å². The third-order valence-electron chi connectivity index (χ3n) is 6.71. The number of halogens is 2. The number of carbonyl (C=O) groups excluding carboxylic acids is 3. The first-order valence-corrected chi connectivity index (χ1v) is 12.9. The van der Waals surface area contributed by atoms with Gasteiger partial charge in [-0.25, -0.2) is 4.79 Å². The third-order valence-corrected chi connectivity index (χ3v) is 7.54. The third kappa shape index (κ3) is 5.92. The van der Waals surface area contributed by atoms with Crippen molar-refractivity contribution in [2.45, 2.75) is 19.0 Å². The van der Waals surface area contributed by atoms with E-state index in [1.165, 1.54) is 4.90 Å². The topological polar surface area (TPSA) is 76.2 Å². The van der Waals surface area contributed by atoms with E-state index in [9.17, 15) is 14.4 Å². The van der Waals surface area contributed by atoms with Gasteiger partial charge in [0, 0.05) is 39.6 Å². The molecule has 0 fully saturated rings. The summed E-state index contributed by atoms with van der Waals surface area (Å²) in [6.45, 7) is 2.32. The Morgan fingerprint density at radius 1 is 1.05 bits per heavy atom. The first kappa shape index (κ1) is 27.0. The fourth-order valence-electron chi connectivity index (χ4n) is 4.59. The maximum Gasteiger partial charge on any atom is 0.322 e. The van der Waals surface area contributed by atoms with Crippen LogP contribution in [0.1, 0.15) is 23.6 Å². The summed E-state index contributed by atoms with van der Waals surface area (Å²) in [7, 11) is 5.57. The molecule has 2 heterocycles. The Morgan fingerprint density at radius 3 is 2.49 bits per heavy atom. The quantitative estimate of drug-likeness (QED) is 0.522. The van der Waals surface area contributed by atoms with Crippen molar-refractivity contribution in [2.24, 2.45) is 0 Å². The Bertz CT molecular complexity index is 1220. The zero-order valence-electron chi connectivity index (χ0n) is 21.2. The molecule has 8 nitrogen and oxygen atoms in total. The van der Waals surface area contributed by atoms with Gasteiger partial charge in [-0.3, -0.25) is 14.5 Å². The molecule has 0 radical (unpaired) electrons. The van der Waals surface area contributed by atoms with Crippen molar-refractivity contribution in [3.63, 3.8) is 0 Å². The van der Waals surface area contributed by atoms with E-state index >= 15 is 0 Å². The molecule has 10 heteroatoms. The summed E-state index contributed by atoms with van der Waals surface area (Å²) in [5.41, 5.74) is 2.67. The molecule has 0 bridgehead atoms. The van der Waals surface area contributed by atoms with Crippen molar-refractivity contribution < 1.29 is 14.4 Å². The lowest BCUT2D eigenvalue weighted by atomic mass is 9.95. The van der Waals surface area contributed by atoms with Crippen LogP contribution in [-0.4, -0.2) is 84.8 Å². The van der Waals surface area contributed by atoms with Crippen molar-refractivity contribution in [3.05, 3.63) is 81.0 Å². The van der Waals surface area contributed by atoms with Gasteiger partial charge in [-0.15, -0.1) is 0 Å². The number of amides is 4. The Hall–Kier alpha value is -3.07. The molecule has 4 rings (SSSR count). The zero-order chi connectivity index (χ0) is 26.7. The highest BCUT2D eigenvalue weighted by atomic mass is 35.5. The zero-order valence-corrected chi connectivity index (χ0v) is 22.7. The van der Waals surface area contributed by atoms with Crippen LogP contribution in [-0.2, 0) is 16.1 Å². The largest absolute Gasteiger partial charge is 0.337 e. The van der Waals surface area contributed by atoms with E-state index in [1.807, 2.05) is 54.2 Å². The van der Waals surface area contributed by atoms with Gasteiger partial charge in [0.2, 0.25) is 5.91 Å². The number of hydrogen-bond acceptors (Lipinski definition) is 4. The standard InChI is InChI=1S/C27H31Cl2N5O3/c1-31(2)14-15-33(16-18-8-5-4-6-9-18)22(35)12-13-34-17-21-23(26(34)36)25(30-27(37)32(21)3)19-10-7-11-20(28)24(19)29/h4-11,25H,12-17H2,1-3H3,(H,30,37)/t25-/m0/s1. The lowest BCUT2D eigenvalue weighted by Crippen LogP contribution is -2.45. The molecular formula is C27H31Cl2N5O3. The van der Waals surface area contributed by atoms with Crippen LogP contribution in [0.3, 0.4) is 0 Å². The number of nitrogens with one attached hydrogen (secondary N) is 1. The highest BCUT2D eigenvalue weighted by molar-refractivity contribution is 6.42. The summed E-state index contributed by atoms with van der Waals surface area (Å²) < 4.78 is 0. The molecule has 2 aliphatic heterocycles. The fourth-order valence-corrected chi connectivity index (χ4v) is 5.00.